The monoisotopic (exact) mass is 228 g/mol. The normalized spacial score (nSPS) is 9.64. The van der Waals surface area contributed by atoms with Crippen molar-refractivity contribution < 1.29 is 9.47 Å². The first-order chi connectivity index (χ1) is 6.72. The van der Waals surface area contributed by atoms with Gasteiger partial charge in [-0.1, -0.05) is 12.2 Å². The smallest absolute Gasteiger partial charge is 0.161 e. The van der Waals surface area contributed by atoms with Gasteiger partial charge in [0, 0.05) is 5.56 Å². The molecule has 0 unspecified atom stereocenters. The molecule has 0 bridgehead atoms. The van der Waals surface area contributed by atoms with Crippen molar-refractivity contribution in [1.29, 1.82) is 0 Å². The van der Waals surface area contributed by atoms with E-state index in [9.17, 15) is 0 Å². The number of thiocarbonyl (C=S) groups is 1. The van der Waals surface area contributed by atoms with Crippen LogP contribution in [0.15, 0.2) is 18.2 Å². The third kappa shape index (κ3) is 2.39. The van der Waals surface area contributed by atoms with E-state index in [2.05, 4.69) is 0 Å². The molecule has 4 heteroatoms. The Morgan fingerprint density at radius 1 is 1.21 bits per heavy atom. The minimum absolute atomic E-state index is 0.710. The van der Waals surface area contributed by atoms with Gasteiger partial charge in [-0.3, -0.25) is 0 Å². The third-order valence-electron chi connectivity index (χ3n) is 1.80. The van der Waals surface area contributed by atoms with Crippen LogP contribution in [0.1, 0.15) is 5.56 Å². The summed E-state index contributed by atoms with van der Waals surface area (Å²) >= 11 is 6.72. The van der Waals surface area contributed by atoms with Crippen molar-refractivity contribution in [1.82, 2.24) is 0 Å². The van der Waals surface area contributed by atoms with Crippen LogP contribution in [0.3, 0.4) is 0 Å². The Labute approximate surface area is 93.6 Å². The van der Waals surface area contributed by atoms with Crippen molar-refractivity contribution in [2.24, 2.45) is 0 Å². The second-order valence-electron chi connectivity index (χ2n) is 2.56. The Balaban J connectivity index is 3.07. The van der Waals surface area contributed by atoms with Gasteiger partial charge in [0.2, 0.25) is 0 Å². The molecule has 0 amide bonds. The van der Waals surface area contributed by atoms with Crippen LogP contribution in [0.4, 0.5) is 0 Å². The molecule has 0 saturated heterocycles. The number of methoxy groups -OCH3 is 2. The zero-order valence-corrected chi connectivity index (χ0v) is 10.00. The lowest BCUT2D eigenvalue weighted by molar-refractivity contribution is 0.355. The van der Waals surface area contributed by atoms with Crippen LogP contribution in [-0.2, 0) is 0 Å². The lowest BCUT2D eigenvalue weighted by Crippen LogP contribution is -1.95. The molecule has 0 fully saturated rings. The molecule has 0 atom stereocenters. The minimum Gasteiger partial charge on any atom is -0.493 e. The topological polar surface area (TPSA) is 18.5 Å². The molecule has 76 valence electrons. The molecule has 0 aliphatic rings. The van der Waals surface area contributed by atoms with Gasteiger partial charge in [-0.05, 0) is 24.5 Å². The SMILES string of the molecule is COc1ccc(C(=S)SC)cc1OC. The van der Waals surface area contributed by atoms with Crippen LogP contribution in [-0.4, -0.2) is 24.7 Å². The highest BCUT2D eigenvalue weighted by Gasteiger charge is 2.06. The number of benzene rings is 1. The number of ether oxygens (including phenoxy) is 2. The Morgan fingerprint density at radius 3 is 2.36 bits per heavy atom. The molecule has 0 saturated carbocycles. The lowest BCUT2D eigenvalue weighted by atomic mass is 10.2. The van der Waals surface area contributed by atoms with Gasteiger partial charge in [0.15, 0.2) is 11.5 Å². The molecule has 0 aliphatic heterocycles. The quantitative estimate of drug-likeness (QED) is 0.740. The molecule has 0 spiro atoms. The molecular formula is C10H12O2S2. The van der Waals surface area contributed by atoms with E-state index in [4.69, 9.17) is 21.7 Å². The van der Waals surface area contributed by atoms with E-state index in [1.165, 1.54) is 0 Å². The van der Waals surface area contributed by atoms with Gasteiger partial charge >= 0.3 is 0 Å². The molecule has 0 radical (unpaired) electrons. The summed E-state index contributed by atoms with van der Waals surface area (Å²) in [6.07, 6.45) is 1.96. The molecular weight excluding hydrogens is 216 g/mol. The van der Waals surface area contributed by atoms with Gasteiger partial charge in [-0.25, -0.2) is 0 Å². The first-order valence-electron chi connectivity index (χ1n) is 4.03. The van der Waals surface area contributed by atoms with E-state index < -0.39 is 0 Å². The fourth-order valence-electron chi connectivity index (χ4n) is 1.08. The maximum atomic E-state index is 5.18. The summed E-state index contributed by atoms with van der Waals surface area (Å²) < 4.78 is 11.2. The fraction of sp³-hybridized carbons (Fsp3) is 0.300. The zero-order valence-electron chi connectivity index (χ0n) is 8.37. The van der Waals surface area contributed by atoms with E-state index in [1.54, 1.807) is 26.0 Å². The number of rotatable bonds is 3. The maximum Gasteiger partial charge on any atom is 0.161 e. The second-order valence-corrected chi connectivity index (χ2v) is 4.04. The third-order valence-corrected chi connectivity index (χ3v) is 3.15. The van der Waals surface area contributed by atoms with Gasteiger partial charge in [0.05, 0.1) is 18.4 Å². The molecule has 1 rings (SSSR count). The van der Waals surface area contributed by atoms with Gasteiger partial charge in [-0.15, -0.1) is 11.8 Å². The standard InChI is InChI=1S/C10H12O2S2/c1-11-8-5-4-7(10(13)14-3)6-9(8)12-2/h4-6H,1-3H3. The van der Waals surface area contributed by atoms with E-state index >= 15 is 0 Å². The lowest BCUT2D eigenvalue weighted by Gasteiger charge is -2.09. The van der Waals surface area contributed by atoms with Crippen LogP contribution in [0.25, 0.3) is 0 Å². The van der Waals surface area contributed by atoms with Crippen LogP contribution < -0.4 is 9.47 Å². The summed E-state index contributed by atoms with van der Waals surface area (Å²) in [6.45, 7) is 0. The molecule has 0 N–H and O–H groups in total. The van der Waals surface area contributed by atoms with E-state index in [-0.39, 0.29) is 0 Å². The van der Waals surface area contributed by atoms with Gasteiger partial charge in [-0.2, -0.15) is 0 Å². The predicted molar refractivity (Wildman–Crippen MR) is 64.8 cm³/mol. The summed E-state index contributed by atoms with van der Waals surface area (Å²) in [4.78, 5) is 0. The first-order valence-corrected chi connectivity index (χ1v) is 5.66. The van der Waals surface area contributed by atoms with Crippen LogP contribution in [0.5, 0.6) is 11.5 Å². The van der Waals surface area contributed by atoms with Crippen molar-refractivity contribution in [3.05, 3.63) is 23.8 Å². The summed E-state index contributed by atoms with van der Waals surface area (Å²) in [7, 11) is 3.23. The van der Waals surface area contributed by atoms with E-state index in [1.807, 2.05) is 24.5 Å². The minimum atomic E-state index is 0.710. The Kier molecular flexibility index (Phi) is 4.22. The Hall–Kier alpha value is -0.740. The molecule has 1 aromatic rings. The Bertz CT molecular complexity index is 337. The highest BCUT2D eigenvalue weighted by Crippen LogP contribution is 2.28. The van der Waals surface area contributed by atoms with Crippen LogP contribution >= 0.6 is 24.0 Å². The maximum absolute atomic E-state index is 5.18. The summed E-state index contributed by atoms with van der Waals surface area (Å²) in [6, 6.07) is 5.68. The van der Waals surface area contributed by atoms with Crippen molar-refractivity contribution in [3.8, 4) is 11.5 Å². The Morgan fingerprint density at radius 2 is 1.86 bits per heavy atom. The van der Waals surface area contributed by atoms with Gasteiger partial charge < -0.3 is 9.47 Å². The predicted octanol–water partition coefficient (Wildman–Crippen LogP) is 2.74. The highest BCUT2D eigenvalue weighted by atomic mass is 32.2. The largest absolute Gasteiger partial charge is 0.493 e. The van der Waals surface area contributed by atoms with Crippen LogP contribution in [0, 0.1) is 0 Å². The summed E-state index contributed by atoms with van der Waals surface area (Å²) in [5.41, 5.74) is 0.991. The summed E-state index contributed by atoms with van der Waals surface area (Å²) in [5, 5.41) is 0. The van der Waals surface area contributed by atoms with Crippen molar-refractivity contribution >= 4 is 28.2 Å². The molecule has 2 nitrogen and oxygen atoms in total. The molecule has 0 aliphatic carbocycles. The average Bonchev–Trinajstić information content (AvgIpc) is 2.26. The number of thioether (sulfide) groups is 1. The average molecular weight is 228 g/mol. The molecule has 1 aromatic carbocycles. The van der Waals surface area contributed by atoms with E-state index in [0.717, 1.165) is 15.5 Å². The fourth-order valence-corrected chi connectivity index (χ4v) is 1.57. The zero-order chi connectivity index (χ0) is 10.6. The van der Waals surface area contributed by atoms with Gasteiger partial charge in [0.1, 0.15) is 0 Å². The molecule has 0 heterocycles. The molecule has 14 heavy (non-hydrogen) atoms. The highest BCUT2D eigenvalue weighted by molar-refractivity contribution is 8.23. The molecule has 0 aromatic heterocycles. The van der Waals surface area contributed by atoms with E-state index in [0.29, 0.717) is 5.75 Å². The van der Waals surface area contributed by atoms with Gasteiger partial charge in [0.25, 0.3) is 0 Å². The summed E-state index contributed by atoms with van der Waals surface area (Å²) in [5.74, 6) is 1.43. The first kappa shape index (κ1) is 11.3. The number of hydrogen-bond acceptors (Lipinski definition) is 4. The van der Waals surface area contributed by atoms with Crippen molar-refractivity contribution in [3.63, 3.8) is 0 Å². The van der Waals surface area contributed by atoms with Crippen molar-refractivity contribution in [2.75, 3.05) is 20.5 Å². The number of hydrogen-bond donors (Lipinski definition) is 0. The van der Waals surface area contributed by atoms with Crippen molar-refractivity contribution in [2.45, 2.75) is 0 Å². The second kappa shape index (κ2) is 5.22. The van der Waals surface area contributed by atoms with Crippen LogP contribution in [0.2, 0.25) is 0 Å².